The Balaban J connectivity index is 2.05. The van der Waals surface area contributed by atoms with Crippen molar-refractivity contribution in [3.63, 3.8) is 0 Å². The van der Waals surface area contributed by atoms with Crippen LogP contribution in [0.2, 0.25) is 0 Å². The van der Waals surface area contributed by atoms with E-state index in [2.05, 4.69) is 5.32 Å². The van der Waals surface area contributed by atoms with Crippen molar-refractivity contribution in [1.29, 1.82) is 0 Å². The van der Waals surface area contributed by atoms with Gasteiger partial charge in [0.25, 0.3) is 0 Å². The number of rotatable bonds is 8. The Labute approximate surface area is 155 Å². The normalized spacial score (nSPS) is 16.5. The van der Waals surface area contributed by atoms with Gasteiger partial charge in [0.1, 0.15) is 0 Å². The van der Waals surface area contributed by atoms with Crippen LogP contribution in [-0.2, 0) is 4.79 Å². The Kier molecular flexibility index (Phi) is 7.12. The molecule has 0 aliphatic carbocycles. The van der Waals surface area contributed by atoms with Crippen LogP contribution in [0.15, 0.2) is 18.2 Å². The van der Waals surface area contributed by atoms with Crippen molar-refractivity contribution in [1.82, 2.24) is 10.2 Å². The molecule has 1 aromatic carbocycles. The van der Waals surface area contributed by atoms with Crippen LogP contribution in [0.1, 0.15) is 33.1 Å². The van der Waals surface area contributed by atoms with Gasteiger partial charge in [-0.15, -0.1) is 0 Å². The van der Waals surface area contributed by atoms with Gasteiger partial charge in [-0.05, 0) is 25.0 Å². The van der Waals surface area contributed by atoms with Crippen LogP contribution in [0.4, 0.5) is 10.5 Å². The molecule has 7 heteroatoms. The van der Waals surface area contributed by atoms with Crippen LogP contribution in [0, 0.1) is 0 Å². The van der Waals surface area contributed by atoms with Crippen molar-refractivity contribution in [2.75, 3.05) is 38.8 Å². The van der Waals surface area contributed by atoms with Crippen LogP contribution < -0.4 is 19.7 Å². The van der Waals surface area contributed by atoms with E-state index in [9.17, 15) is 9.59 Å². The first-order valence-electron chi connectivity index (χ1n) is 9.11. The Morgan fingerprint density at radius 1 is 1.19 bits per heavy atom. The molecule has 1 heterocycles. The van der Waals surface area contributed by atoms with Gasteiger partial charge < -0.3 is 24.6 Å². The summed E-state index contributed by atoms with van der Waals surface area (Å²) >= 11 is 0. The minimum atomic E-state index is -0.195. The van der Waals surface area contributed by atoms with E-state index in [1.807, 2.05) is 24.8 Å². The molecule has 1 fully saturated rings. The van der Waals surface area contributed by atoms with Gasteiger partial charge in [-0.2, -0.15) is 0 Å². The number of carbonyl (C=O) groups excluding carboxylic acids is 2. The van der Waals surface area contributed by atoms with E-state index in [0.717, 1.165) is 31.6 Å². The summed E-state index contributed by atoms with van der Waals surface area (Å²) in [7, 11) is 3.13. The van der Waals surface area contributed by atoms with Crippen molar-refractivity contribution < 1.29 is 19.1 Å². The van der Waals surface area contributed by atoms with Gasteiger partial charge in [0.05, 0.1) is 20.3 Å². The van der Waals surface area contributed by atoms with E-state index >= 15 is 0 Å². The Hall–Kier alpha value is -2.44. The summed E-state index contributed by atoms with van der Waals surface area (Å²) in [6.45, 7) is 5.99. The summed E-state index contributed by atoms with van der Waals surface area (Å²) < 4.78 is 10.5. The molecule has 0 spiro atoms. The topological polar surface area (TPSA) is 71.1 Å². The molecule has 144 valence electrons. The highest BCUT2D eigenvalue weighted by atomic mass is 16.5. The summed E-state index contributed by atoms with van der Waals surface area (Å²) in [5, 5.41) is 3.00. The average Bonchev–Trinajstić information content (AvgIpc) is 3.00. The molecule has 3 amide bonds. The van der Waals surface area contributed by atoms with Crippen molar-refractivity contribution in [2.45, 2.75) is 39.2 Å². The molecule has 0 unspecified atom stereocenters. The summed E-state index contributed by atoms with van der Waals surface area (Å²) in [5.41, 5.74) is 0.739. The molecule has 1 N–H and O–H groups in total. The third-order valence-corrected chi connectivity index (χ3v) is 4.41. The van der Waals surface area contributed by atoms with E-state index in [4.69, 9.17) is 9.47 Å². The first-order chi connectivity index (χ1) is 12.5. The van der Waals surface area contributed by atoms with Gasteiger partial charge in [0.2, 0.25) is 5.91 Å². The second-order valence-electron chi connectivity index (χ2n) is 6.38. The zero-order valence-corrected chi connectivity index (χ0v) is 16.1. The first kappa shape index (κ1) is 19.9. The third-order valence-electron chi connectivity index (χ3n) is 4.41. The van der Waals surface area contributed by atoms with Crippen LogP contribution in [0.3, 0.4) is 0 Å². The molecule has 1 aliphatic rings. The SMILES string of the molecule is CCCN(CCC)C(=O)N[C@@H]1CC(=O)N(c2ccc(OC)c(OC)c2)C1. The predicted octanol–water partition coefficient (Wildman–Crippen LogP) is 2.64. The van der Waals surface area contributed by atoms with E-state index in [1.165, 1.54) is 0 Å². The quantitative estimate of drug-likeness (QED) is 0.771. The van der Waals surface area contributed by atoms with Crippen molar-refractivity contribution >= 4 is 17.6 Å². The largest absolute Gasteiger partial charge is 0.493 e. The monoisotopic (exact) mass is 363 g/mol. The highest BCUT2D eigenvalue weighted by Gasteiger charge is 2.32. The third kappa shape index (κ3) is 4.59. The number of benzene rings is 1. The lowest BCUT2D eigenvalue weighted by Gasteiger charge is -2.24. The first-order valence-corrected chi connectivity index (χ1v) is 9.11. The van der Waals surface area contributed by atoms with E-state index in [-0.39, 0.29) is 18.0 Å². The fraction of sp³-hybridized carbons (Fsp3) is 0.579. The number of nitrogens with zero attached hydrogens (tertiary/aromatic N) is 2. The number of methoxy groups -OCH3 is 2. The maximum absolute atomic E-state index is 12.5. The van der Waals surface area contributed by atoms with Gasteiger partial charge in [-0.25, -0.2) is 4.79 Å². The maximum atomic E-state index is 12.5. The minimum absolute atomic E-state index is 0.0138. The molecule has 2 rings (SSSR count). The van der Waals surface area contributed by atoms with E-state index in [0.29, 0.717) is 24.5 Å². The maximum Gasteiger partial charge on any atom is 0.317 e. The smallest absolute Gasteiger partial charge is 0.317 e. The lowest BCUT2D eigenvalue weighted by atomic mass is 10.2. The van der Waals surface area contributed by atoms with Gasteiger partial charge in [-0.1, -0.05) is 13.8 Å². The Bertz CT molecular complexity index is 629. The van der Waals surface area contributed by atoms with Crippen LogP contribution in [0.25, 0.3) is 0 Å². The Morgan fingerprint density at radius 2 is 1.85 bits per heavy atom. The molecule has 0 bridgehead atoms. The van der Waals surface area contributed by atoms with E-state index in [1.54, 1.807) is 31.3 Å². The molecule has 1 aromatic rings. The number of nitrogens with one attached hydrogen (secondary N) is 1. The van der Waals surface area contributed by atoms with Crippen LogP contribution in [0.5, 0.6) is 11.5 Å². The molecule has 26 heavy (non-hydrogen) atoms. The Morgan fingerprint density at radius 3 is 2.42 bits per heavy atom. The molecular weight excluding hydrogens is 334 g/mol. The zero-order valence-electron chi connectivity index (χ0n) is 16.1. The van der Waals surface area contributed by atoms with Crippen molar-refractivity contribution in [3.8, 4) is 11.5 Å². The highest BCUT2D eigenvalue weighted by Crippen LogP contribution is 2.33. The molecular formula is C19H29N3O4. The standard InChI is InChI=1S/C19H29N3O4/c1-5-9-21(10-6-2)19(24)20-14-11-18(23)22(13-14)15-7-8-16(25-3)17(12-15)26-4/h7-8,12,14H,5-6,9-11,13H2,1-4H3,(H,20,24)/t14-/m1/s1. The van der Waals surface area contributed by atoms with Gasteiger partial charge in [0.15, 0.2) is 11.5 Å². The second kappa shape index (κ2) is 9.31. The predicted molar refractivity (Wildman–Crippen MR) is 101 cm³/mol. The number of hydrogen-bond donors (Lipinski definition) is 1. The van der Waals surface area contributed by atoms with Gasteiger partial charge in [-0.3, -0.25) is 4.79 Å². The number of amides is 3. The fourth-order valence-electron chi connectivity index (χ4n) is 3.17. The zero-order chi connectivity index (χ0) is 19.1. The lowest BCUT2D eigenvalue weighted by molar-refractivity contribution is -0.117. The molecule has 1 aliphatic heterocycles. The van der Waals surface area contributed by atoms with Crippen molar-refractivity contribution in [3.05, 3.63) is 18.2 Å². The fourth-order valence-corrected chi connectivity index (χ4v) is 3.17. The van der Waals surface area contributed by atoms with Crippen LogP contribution in [-0.4, -0.2) is 56.7 Å². The molecule has 1 saturated heterocycles. The molecule has 1 atom stereocenters. The van der Waals surface area contributed by atoms with E-state index < -0.39 is 0 Å². The molecule has 0 saturated carbocycles. The number of anilines is 1. The number of urea groups is 1. The average molecular weight is 363 g/mol. The van der Waals surface area contributed by atoms with Crippen LogP contribution >= 0.6 is 0 Å². The summed E-state index contributed by atoms with van der Waals surface area (Å²) in [4.78, 5) is 28.4. The van der Waals surface area contributed by atoms with Crippen molar-refractivity contribution in [2.24, 2.45) is 0 Å². The van der Waals surface area contributed by atoms with Gasteiger partial charge >= 0.3 is 6.03 Å². The lowest BCUT2D eigenvalue weighted by Crippen LogP contribution is -2.46. The summed E-state index contributed by atoms with van der Waals surface area (Å²) in [6.07, 6.45) is 2.12. The molecule has 7 nitrogen and oxygen atoms in total. The number of ether oxygens (including phenoxy) is 2. The summed E-state index contributed by atoms with van der Waals surface area (Å²) in [5.74, 6) is 1.17. The summed E-state index contributed by atoms with van der Waals surface area (Å²) in [6, 6.07) is 5.09. The molecule has 0 radical (unpaired) electrons. The number of hydrogen-bond acceptors (Lipinski definition) is 4. The second-order valence-corrected chi connectivity index (χ2v) is 6.38. The minimum Gasteiger partial charge on any atom is -0.493 e. The number of carbonyl (C=O) groups is 2. The van der Waals surface area contributed by atoms with Gasteiger partial charge in [0, 0.05) is 37.8 Å². The highest BCUT2D eigenvalue weighted by molar-refractivity contribution is 5.97. The molecule has 0 aromatic heterocycles.